The van der Waals surface area contributed by atoms with Crippen molar-refractivity contribution in [1.82, 2.24) is 10.6 Å². The van der Waals surface area contributed by atoms with Crippen molar-refractivity contribution in [2.75, 3.05) is 13.1 Å². The Labute approximate surface area is 101 Å². The molecule has 0 bridgehead atoms. The summed E-state index contributed by atoms with van der Waals surface area (Å²) in [7, 11) is 0. The summed E-state index contributed by atoms with van der Waals surface area (Å²) in [4.78, 5) is 21.6. The molecule has 0 heterocycles. The Kier molecular flexibility index (Phi) is 6.34. The summed E-state index contributed by atoms with van der Waals surface area (Å²) < 4.78 is 5.06. The first-order valence-electron chi connectivity index (χ1n) is 5.41. The van der Waals surface area contributed by atoms with E-state index in [4.69, 9.17) is 15.6 Å². The van der Waals surface area contributed by atoms with Crippen molar-refractivity contribution >= 4 is 12.2 Å². The van der Waals surface area contributed by atoms with E-state index in [-0.39, 0.29) is 19.1 Å². The summed E-state index contributed by atoms with van der Waals surface area (Å²) in [6.07, 6.45) is -1.23. The Hall–Kier alpha value is -1.50. The normalized spacial score (nSPS) is 12.7. The van der Waals surface area contributed by atoms with Crippen LogP contribution in [-0.2, 0) is 4.74 Å². The van der Waals surface area contributed by atoms with E-state index in [1.54, 1.807) is 20.8 Å². The maximum atomic E-state index is 11.4. The zero-order valence-electron chi connectivity index (χ0n) is 10.4. The maximum absolute atomic E-state index is 11.4. The van der Waals surface area contributed by atoms with Crippen molar-refractivity contribution in [3.8, 4) is 0 Å². The third kappa shape index (κ3) is 9.43. The number of nitrogens with one attached hydrogen (secondary N) is 2. The van der Waals surface area contributed by atoms with E-state index in [1.165, 1.54) is 0 Å². The summed E-state index contributed by atoms with van der Waals surface area (Å²) in [6.45, 7) is 5.73. The SMILES string of the molecule is CC(C)(C)OC(=O)N[C@H](CN)CCNC(=O)O. The Morgan fingerprint density at radius 1 is 1.41 bits per heavy atom. The number of amides is 2. The number of alkyl carbamates (subject to hydrolysis) is 1. The Morgan fingerprint density at radius 3 is 2.41 bits per heavy atom. The minimum absolute atomic E-state index is 0.223. The lowest BCUT2D eigenvalue weighted by Crippen LogP contribution is -2.44. The second-order valence-electron chi connectivity index (χ2n) is 4.60. The molecule has 1 atom stereocenters. The summed E-state index contributed by atoms with van der Waals surface area (Å²) in [5.74, 6) is 0. The lowest BCUT2D eigenvalue weighted by Gasteiger charge is -2.22. The van der Waals surface area contributed by atoms with Crippen LogP contribution in [0.25, 0.3) is 0 Å². The predicted molar refractivity (Wildman–Crippen MR) is 62.9 cm³/mol. The molecule has 0 radical (unpaired) electrons. The summed E-state index contributed by atoms with van der Waals surface area (Å²) in [5, 5.41) is 13.2. The molecule has 0 aromatic carbocycles. The number of nitrogens with two attached hydrogens (primary N) is 1. The molecular formula is C10H21N3O4. The zero-order chi connectivity index (χ0) is 13.5. The zero-order valence-corrected chi connectivity index (χ0v) is 10.4. The fourth-order valence-electron chi connectivity index (χ4n) is 1.08. The lowest BCUT2D eigenvalue weighted by molar-refractivity contribution is 0.0504. The first-order valence-corrected chi connectivity index (χ1v) is 5.41. The molecule has 7 heteroatoms. The minimum atomic E-state index is -1.10. The molecule has 17 heavy (non-hydrogen) atoms. The van der Waals surface area contributed by atoms with Gasteiger partial charge in [0.15, 0.2) is 0 Å². The van der Waals surface area contributed by atoms with Gasteiger partial charge in [0.2, 0.25) is 0 Å². The van der Waals surface area contributed by atoms with Gasteiger partial charge in [-0.1, -0.05) is 0 Å². The van der Waals surface area contributed by atoms with Gasteiger partial charge in [0.1, 0.15) is 5.60 Å². The highest BCUT2D eigenvalue weighted by Crippen LogP contribution is 2.06. The average molecular weight is 247 g/mol. The van der Waals surface area contributed by atoms with Gasteiger partial charge in [-0.25, -0.2) is 9.59 Å². The molecule has 7 nitrogen and oxygen atoms in total. The van der Waals surface area contributed by atoms with Crippen molar-refractivity contribution in [3.05, 3.63) is 0 Å². The van der Waals surface area contributed by atoms with Crippen LogP contribution in [0.2, 0.25) is 0 Å². The van der Waals surface area contributed by atoms with Crippen LogP contribution in [0.4, 0.5) is 9.59 Å². The number of hydrogen-bond acceptors (Lipinski definition) is 4. The van der Waals surface area contributed by atoms with Crippen LogP contribution >= 0.6 is 0 Å². The van der Waals surface area contributed by atoms with E-state index in [0.717, 1.165) is 0 Å². The van der Waals surface area contributed by atoms with Crippen molar-refractivity contribution in [2.24, 2.45) is 5.73 Å². The molecule has 0 aromatic rings. The van der Waals surface area contributed by atoms with E-state index >= 15 is 0 Å². The predicted octanol–water partition coefficient (Wildman–Crippen LogP) is 0.496. The number of carbonyl (C=O) groups excluding carboxylic acids is 1. The molecule has 0 aromatic heterocycles. The van der Waals surface area contributed by atoms with Crippen LogP contribution < -0.4 is 16.4 Å². The highest BCUT2D eigenvalue weighted by atomic mass is 16.6. The second kappa shape index (κ2) is 6.95. The van der Waals surface area contributed by atoms with E-state index in [1.807, 2.05) is 0 Å². The van der Waals surface area contributed by atoms with Gasteiger partial charge in [0.05, 0.1) is 0 Å². The molecule has 2 amide bonds. The molecule has 0 unspecified atom stereocenters. The van der Waals surface area contributed by atoms with Gasteiger partial charge in [-0.15, -0.1) is 0 Å². The van der Waals surface area contributed by atoms with Crippen molar-refractivity contribution in [1.29, 1.82) is 0 Å². The molecule has 0 aliphatic rings. The molecule has 5 N–H and O–H groups in total. The highest BCUT2D eigenvalue weighted by Gasteiger charge is 2.18. The average Bonchev–Trinajstić information content (AvgIpc) is 2.12. The Bertz CT molecular complexity index is 263. The van der Waals surface area contributed by atoms with Crippen LogP contribution in [0.3, 0.4) is 0 Å². The largest absolute Gasteiger partial charge is 0.465 e. The van der Waals surface area contributed by atoms with Crippen LogP contribution in [0.15, 0.2) is 0 Å². The van der Waals surface area contributed by atoms with Crippen LogP contribution in [0.1, 0.15) is 27.2 Å². The van der Waals surface area contributed by atoms with Crippen LogP contribution in [0, 0.1) is 0 Å². The first-order chi connectivity index (χ1) is 7.74. The number of rotatable bonds is 5. The highest BCUT2D eigenvalue weighted by molar-refractivity contribution is 5.68. The van der Waals surface area contributed by atoms with Gasteiger partial charge in [0, 0.05) is 19.1 Å². The molecule has 0 saturated carbocycles. The van der Waals surface area contributed by atoms with Crippen molar-refractivity contribution in [3.63, 3.8) is 0 Å². The monoisotopic (exact) mass is 247 g/mol. The fourth-order valence-corrected chi connectivity index (χ4v) is 1.08. The van der Waals surface area contributed by atoms with Crippen molar-refractivity contribution < 1.29 is 19.4 Å². The number of hydrogen-bond donors (Lipinski definition) is 4. The summed E-state index contributed by atoms with van der Waals surface area (Å²) in [5.41, 5.74) is 4.89. The Balaban J connectivity index is 3.95. The van der Waals surface area contributed by atoms with E-state index in [2.05, 4.69) is 10.6 Å². The maximum Gasteiger partial charge on any atom is 0.407 e. The third-order valence-electron chi connectivity index (χ3n) is 1.77. The first kappa shape index (κ1) is 15.5. The number of carboxylic acid groups (broad SMARTS) is 1. The third-order valence-corrected chi connectivity index (χ3v) is 1.77. The Morgan fingerprint density at radius 2 is 2.00 bits per heavy atom. The van der Waals surface area contributed by atoms with Gasteiger partial charge >= 0.3 is 12.2 Å². The quantitative estimate of drug-likeness (QED) is 0.564. The van der Waals surface area contributed by atoms with Gasteiger partial charge < -0.3 is 26.2 Å². The summed E-state index contributed by atoms with van der Waals surface area (Å²) in [6, 6.07) is -0.309. The standard InChI is InChI=1S/C10H21N3O4/c1-10(2,3)17-9(16)13-7(6-11)4-5-12-8(14)15/h7,12H,4-6,11H2,1-3H3,(H,13,16)(H,14,15)/t7-/m0/s1. The second-order valence-corrected chi connectivity index (χ2v) is 4.60. The molecule has 0 saturated heterocycles. The number of ether oxygens (including phenoxy) is 1. The minimum Gasteiger partial charge on any atom is -0.465 e. The van der Waals surface area contributed by atoms with E-state index < -0.39 is 17.8 Å². The van der Waals surface area contributed by atoms with Gasteiger partial charge in [-0.2, -0.15) is 0 Å². The molecule has 0 aliphatic heterocycles. The van der Waals surface area contributed by atoms with Gasteiger partial charge in [0.25, 0.3) is 0 Å². The van der Waals surface area contributed by atoms with Gasteiger partial charge in [-0.3, -0.25) is 0 Å². The molecule has 0 fully saturated rings. The van der Waals surface area contributed by atoms with Gasteiger partial charge in [-0.05, 0) is 27.2 Å². The molecule has 0 rings (SSSR count). The van der Waals surface area contributed by atoms with Crippen LogP contribution in [-0.4, -0.2) is 42.0 Å². The molecule has 0 aliphatic carbocycles. The van der Waals surface area contributed by atoms with Crippen molar-refractivity contribution in [2.45, 2.75) is 38.8 Å². The lowest BCUT2D eigenvalue weighted by atomic mass is 10.2. The van der Waals surface area contributed by atoms with Crippen LogP contribution in [0.5, 0.6) is 0 Å². The fraction of sp³-hybridized carbons (Fsp3) is 0.800. The number of carbonyl (C=O) groups is 2. The molecule has 100 valence electrons. The molecule has 0 spiro atoms. The molecular weight excluding hydrogens is 226 g/mol. The van der Waals surface area contributed by atoms with E-state index in [9.17, 15) is 9.59 Å². The van der Waals surface area contributed by atoms with E-state index in [0.29, 0.717) is 6.42 Å². The summed E-state index contributed by atoms with van der Waals surface area (Å²) >= 11 is 0. The smallest absolute Gasteiger partial charge is 0.407 e. The topological polar surface area (TPSA) is 114 Å².